The molecule has 52 heavy (non-hydrogen) atoms. The largest absolute Gasteiger partial charge is 0.359 e. The molecule has 246 valence electrons. The van der Waals surface area contributed by atoms with Gasteiger partial charge in [0, 0.05) is 31.6 Å². The average molecular weight is 684 g/mol. The van der Waals surface area contributed by atoms with Gasteiger partial charge in [-0.2, -0.15) is 0 Å². The first-order valence-corrected chi connectivity index (χ1v) is 18.5. The highest BCUT2D eigenvalue weighted by atomic mass is 32.1. The summed E-state index contributed by atoms with van der Waals surface area (Å²) in [4.78, 5) is 6.47. The predicted molar refractivity (Wildman–Crippen MR) is 220 cm³/mol. The van der Waals surface area contributed by atoms with Gasteiger partial charge in [-0.3, -0.25) is 0 Å². The maximum atomic E-state index is 5.18. The number of para-hydroxylation sites is 1. The Labute approximate surface area is 306 Å². The first-order chi connectivity index (χ1) is 25.8. The number of hydrogen-bond donors (Lipinski definition) is 1. The minimum atomic E-state index is -0.0291. The highest BCUT2D eigenvalue weighted by molar-refractivity contribution is 7.23. The molecule has 1 aliphatic heterocycles. The number of fused-ring (bicyclic) bond motifs is 5. The van der Waals surface area contributed by atoms with Crippen molar-refractivity contribution in [2.45, 2.75) is 6.04 Å². The summed E-state index contributed by atoms with van der Waals surface area (Å²) in [6.45, 7) is 0. The number of rotatable bonds is 6. The van der Waals surface area contributed by atoms with Crippen molar-refractivity contribution in [1.82, 2.24) is 9.88 Å². The van der Waals surface area contributed by atoms with E-state index in [2.05, 4.69) is 198 Å². The lowest BCUT2D eigenvalue weighted by atomic mass is 9.97. The van der Waals surface area contributed by atoms with Crippen LogP contribution in [0, 0.1) is 0 Å². The molecule has 10 rings (SSSR count). The summed E-state index contributed by atoms with van der Waals surface area (Å²) in [5.41, 5.74) is 11.5. The predicted octanol–water partition coefficient (Wildman–Crippen LogP) is 12.5. The molecule has 1 unspecified atom stereocenters. The molecular weight excluding hydrogens is 651 g/mol. The van der Waals surface area contributed by atoms with Gasteiger partial charge < -0.3 is 9.88 Å². The molecule has 1 atom stereocenters. The second-order valence-electron chi connectivity index (χ2n) is 13.2. The van der Waals surface area contributed by atoms with Crippen LogP contribution >= 0.6 is 11.3 Å². The molecule has 0 saturated carbocycles. The van der Waals surface area contributed by atoms with E-state index >= 15 is 0 Å². The Morgan fingerprint density at radius 1 is 0.519 bits per heavy atom. The molecule has 0 aliphatic carbocycles. The third-order valence-electron chi connectivity index (χ3n) is 10.1. The second-order valence-corrected chi connectivity index (χ2v) is 14.3. The Morgan fingerprint density at radius 2 is 1.13 bits per heavy atom. The van der Waals surface area contributed by atoms with Gasteiger partial charge in [0.05, 0.1) is 22.8 Å². The van der Waals surface area contributed by atoms with Crippen LogP contribution in [0.25, 0.3) is 64.8 Å². The van der Waals surface area contributed by atoms with Gasteiger partial charge in [-0.05, 0) is 81.7 Å². The summed E-state index contributed by atoms with van der Waals surface area (Å²) >= 11 is 1.88. The van der Waals surface area contributed by atoms with Crippen molar-refractivity contribution < 1.29 is 0 Å². The van der Waals surface area contributed by atoms with Gasteiger partial charge in [0.1, 0.15) is 5.84 Å². The van der Waals surface area contributed by atoms with Crippen molar-refractivity contribution in [3.8, 4) is 27.3 Å². The number of amidine groups is 1. The van der Waals surface area contributed by atoms with Crippen LogP contribution < -0.4 is 5.32 Å². The van der Waals surface area contributed by atoms with Crippen molar-refractivity contribution >= 4 is 54.8 Å². The summed E-state index contributed by atoms with van der Waals surface area (Å²) in [6, 6.07) is 65.0. The summed E-state index contributed by atoms with van der Waals surface area (Å²) in [5.74, 6) is 0.862. The molecule has 0 amide bonds. The summed E-state index contributed by atoms with van der Waals surface area (Å²) < 4.78 is 3.73. The molecule has 0 saturated heterocycles. The maximum Gasteiger partial charge on any atom is 0.134 e. The van der Waals surface area contributed by atoms with Crippen LogP contribution in [0.2, 0.25) is 0 Å². The van der Waals surface area contributed by atoms with Crippen molar-refractivity contribution in [3.05, 3.63) is 205 Å². The maximum absolute atomic E-state index is 5.18. The van der Waals surface area contributed by atoms with Crippen LogP contribution in [0.3, 0.4) is 0 Å². The van der Waals surface area contributed by atoms with E-state index in [0.717, 1.165) is 28.3 Å². The van der Waals surface area contributed by atoms with Crippen LogP contribution in [0.1, 0.15) is 22.7 Å². The average Bonchev–Trinajstić information content (AvgIpc) is 3.82. The first-order valence-electron chi connectivity index (χ1n) is 17.7. The van der Waals surface area contributed by atoms with Crippen molar-refractivity contribution in [3.63, 3.8) is 0 Å². The minimum absolute atomic E-state index is 0.0291. The van der Waals surface area contributed by atoms with E-state index in [0.29, 0.717) is 0 Å². The van der Waals surface area contributed by atoms with Gasteiger partial charge in [-0.1, -0.05) is 140 Å². The lowest BCUT2D eigenvalue weighted by Crippen LogP contribution is -2.31. The Hall–Kier alpha value is -6.49. The number of thiophene rings is 1. The van der Waals surface area contributed by atoms with E-state index in [-0.39, 0.29) is 6.04 Å². The molecule has 3 nitrogen and oxygen atoms in total. The number of nitrogens with one attached hydrogen (secondary N) is 1. The molecule has 2 aromatic heterocycles. The zero-order valence-electron chi connectivity index (χ0n) is 28.3. The van der Waals surface area contributed by atoms with Gasteiger partial charge in [0.2, 0.25) is 0 Å². The fourth-order valence-electron chi connectivity index (χ4n) is 7.49. The zero-order chi connectivity index (χ0) is 34.4. The van der Waals surface area contributed by atoms with Gasteiger partial charge in [0.25, 0.3) is 0 Å². The number of aliphatic imine (C=N–C) groups is 1. The quantitative estimate of drug-likeness (QED) is 0.186. The summed E-state index contributed by atoms with van der Waals surface area (Å²) in [7, 11) is 0. The summed E-state index contributed by atoms with van der Waals surface area (Å²) in [6.07, 6.45) is 2.23. The highest BCUT2D eigenvalue weighted by Crippen LogP contribution is 2.42. The fourth-order valence-corrected chi connectivity index (χ4v) is 8.71. The molecule has 1 aliphatic rings. The SMILES string of the molecule is C1=C(c2ccccc2)N=C(c2ccc(-n3c4ccccc4c4c5sc(-c6ccccc6)cc5ccc43)cc2)NC1c1ccc(-c2ccccc2)cc1. The van der Waals surface area contributed by atoms with Crippen molar-refractivity contribution in [2.75, 3.05) is 0 Å². The van der Waals surface area contributed by atoms with Gasteiger partial charge >= 0.3 is 0 Å². The monoisotopic (exact) mass is 683 g/mol. The molecule has 4 heteroatoms. The fraction of sp³-hybridized carbons (Fsp3) is 0.0208. The Bertz CT molecular complexity index is 2770. The van der Waals surface area contributed by atoms with E-state index < -0.39 is 0 Å². The van der Waals surface area contributed by atoms with Crippen LogP contribution in [0.5, 0.6) is 0 Å². The number of nitrogens with zero attached hydrogens (tertiary/aromatic N) is 2. The molecule has 0 bridgehead atoms. The third-order valence-corrected chi connectivity index (χ3v) is 11.3. The number of benzene rings is 7. The first kappa shape index (κ1) is 30.3. The van der Waals surface area contributed by atoms with Crippen molar-refractivity contribution in [1.29, 1.82) is 0 Å². The normalized spacial score (nSPS) is 14.3. The van der Waals surface area contributed by atoms with E-state index in [1.54, 1.807) is 0 Å². The minimum Gasteiger partial charge on any atom is -0.359 e. The number of aromatic nitrogens is 1. The standard InChI is InChI=1S/C48H33N3S/c1-4-12-32(13-5-1)33-20-22-35(23-21-33)42-31-41(34-14-6-2-7-15-34)49-48(50-42)37-24-27-39(28-25-37)51-43-19-11-10-18-40(43)46-44(51)29-26-38-30-45(52-47(38)46)36-16-8-3-9-17-36/h1-31,42H,(H,49,50). The van der Waals surface area contributed by atoms with Crippen LogP contribution in [-0.2, 0) is 0 Å². The van der Waals surface area contributed by atoms with Crippen LogP contribution in [-0.4, -0.2) is 10.4 Å². The molecule has 3 heterocycles. The topological polar surface area (TPSA) is 29.3 Å². The zero-order valence-corrected chi connectivity index (χ0v) is 29.1. The Kier molecular flexibility index (Phi) is 7.40. The van der Waals surface area contributed by atoms with Crippen LogP contribution in [0.4, 0.5) is 0 Å². The molecule has 0 radical (unpaired) electrons. The van der Waals surface area contributed by atoms with E-state index in [1.165, 1.54) is 59.0 Å². The highest BCUT2D eigenvalue weighted by Gasteiger charge is 2.21. The smallest absolute Gasteiger partial charge is 0.134 e. The molecule has 1 N–H and O–H groups in total. The van der Waals surface area contributed by atoms with E-state index in [1.807, 2.05) is 11.3 Å². The molecule has 7 aromatic carbocycles. The Morgan fingerprint density at radius 3 is 1.87 bits per heavy atom. The second kappa shape index (κ2) is 12.7. The van der Waals surface area contributed by atoms with Gasteiger partial charge in [0.15, 0.2) is 0 Å². The summed E-state index contributed by atoms with van der Waals surface area (Å²) in [5, 5.41) is 7.62. The number of hydrogen-bond acceptors (Lipinski definition) is 3. The molecular formula is C48H33N3S. The molecule has 0 spiro atoms. The lowest BCUT2D eigenvalue weighted by molar-refractivity contribution is 0.781. The lowest BCUT2D eigenvalue weighted by Gasteiger charge is -2.25. The third kappa shape index (κ3) is 5.33. The molecule has 9 aromatic rings. The Balaban J connectivity index is 1.03. The van der Waals surface area contributed by atoms with Crippen molar-refractivity contribution in [2.24, 2.45) is 4.99 Å². The van der Waals surface area contributed by atoms with Gasteiger partial charge in [-0.15, -0.1) is 11.3 Å². The van der Waals surface area contributed by atoms with Gasteiger partial charge in [-0.25, -0.2) is 4.99 Å². The van der Waals surface area contributed by atoms with E-state index in [9.17, 15) is 0 Å². The molecule has 0 fully saturated rings. The van der Waals surface area contributed by atoms with Crippen LogP contribution in [0.15, 0.2) is 193 Å². The van der Waals surface area contributed by atoms with E-state index in [4.69, 9.17) is 4.99 Å².